The van der Waals surface area contributed by atoms with Crippen molar-refractivity contribution in [2.24, 2.45) is 5.92 Å². The first-order valence-corrected chi connectivity index (χ1v) is 34.6. The number of unbranched alkanes of at least 4 members (excludes halogenated alkanes) is 32. The minimum atomic E-state index is -4.94. The third-order valence-corrected chi connectivity index (χ3v) is 15.7. The molecule has 0 aliphatic carbocycles. The molecular weight excluding hydrogens is 1050 g/mol. The number of carbonyl (C=O) groups excluding carboxylic acids is 4. The Kier molecular flexibility index (Phi) is 52.7. The summed E-state index contributed by atoms with van der Waals surface area (Å²) in [5.41, 5.74) is 0. The minimum absolute atomic E-state index is 0.104. The highest BCUT2D eigenvalue weighted by atomic mass is 31.2. The van der Waals surface area contributed by atoms with E-state index in [9.17, 15) is 43.2 Å². The van der Waals surface area contributed by atoms with Crippen LogP contribution in [-0.2, 0) is 65.4 Å². The summed E-state index contributed by atoms with van der Waals surface area (Å²) in [6, 6.07) is 0. The van der Waals surface area contributed by atoms with Crippen LogP contribution < -0.4 is 0 Å². The van der Waals surface area contributed by atoms with Gasteiger partial charge in [0.25, 0.3) is 0 Å². The number of hydrogen-bond acceptors (Lipinski definition) is 15. The van der Waals surface area contributed by atoms with Gasteiger partial charge in [-0.25, -0.2) is 9.13 Å². The standard InChI is InChI=1S/C60H116O17P2/c1-6-9-12-15-17-19-20-21-22-23-26-31-36-41-46-60(65)77-56(50-71-58(63)44-39-34-30-27-24-25-28-33-37-42-53(4)5)52-75-79(68,69)73-48-54(61)47-72-78(66,67)74-51-55(49-70-57(62)43-38-32-14-11-8-3)76-59(64)45-40-35-29-18-16-13-10-7-2/h53-56,61H,6-52H2,1-5H3,(H,66,67)(H,68,69)/t54-,55+,56+/m0/s1. The lowest BCUT2D eigenvalue weighted by molar-refractivity contribution is -0.161. The van der Waals surface area contributed by atoms with Gasteiger partial charge in [0.15, 0.2) is 12.2 Å². The zero-order valence-corrected chi connectivity index (χ0v) is 52.3. The van der Waals surface area contributed by atoms with E-state index in [4.69, 9.17) is 37.0 Å². The van der Waals surface area contributed by atoms with Crippen molar-refractivity contribution in [1.82, 2.24) is 0 Å². The van der Waals surface area contributed by atoms with Gasteiger partial charge >= 0.3 is 39.5 Å². The zero-order valence-electron chi connectivity index (χ0n) is 50.5. The molecule has 0 amide bonds. The highest BCUT2D eigenvalue weighted by molar-refractivity contribution is 7.47. The van der Waals surface area contributed by atoms with Crippen LogP contribution in [0, 0.1) is 5.92 Å². The maximum Gasteiger partial charge on any atom is 0.472 e. The van der Waals surface area contributed by atoms with Gasteiger partial charge in [-0.05, 0) is 31.6 Å². The number of aliphatic hydroxyl groups is 1. The molecule has 0 aromatic carbocycles. The third kappa shape index (κ3) is 55.0. The van der Waals surface area contributed by atoms with Gasteiger partial charge in [-0.2, -0.15) is 0 Å². The molecular formula is C60H116O17P2. The topological polar surface area (TPSA) is 237 Å². The third-order valence-electron chi connectivity index (χ3n) is 13.8. The van der Waals surface area contributed by atoms with Gasteiger partial charge in [0, 0.05) is 25.7 Å². The number of hydrogen-bond donors (Lipinski definition) is 3. The van der Waals surface area contributed by atoms with E-state index >= 15 is 0 Å². The van der Waals surface area contributed by atoms with Crippen LogP contribution >= 0.6 is 15.6 Å². The molecule has 0 bridgehead atoms. The van der Waals surface area contributed by atoms with Crippen molar-refractivity contribution in [3.63, 3.8) is 0 Å². The van der Waals surface area contributed by atoms with Crippen molar-refractivity contribution < 1.29 is 80.2 Å². The summed E-state index contributed by atoms with van der Waals surface area (Å²) in [6.07, 6.45) is 36.6. The van der Waals surface area contributed by atoms with Crippen LogP contribution in [0.4, 0.5) is 0 Å². The number of phosphoric ester groups is 2. The molecule has 2 unspecified atom stereocenters. The molecule has 0 aliphatic rings. The van der Waals surface area contributed by atoms with Crippen molar-refractivity contribution in [3.8, 4) is 0 Å². The average Bonchev–Trinajstić information content (AvgIpc) is 3.41. The Labute approximate surface area is 479 Å². The maximum absolute atomic E-state index is 12.9. The Morgan fingerprint density at radius 2 is 0.582 bits per heavy atom. The molecule has 0 spiro atoms. The Hall–Kier alpha value is -1.94. The Morgan fingerprint density at radius 3 is 0.861 bits per heavy atom. The molecule has 19 heteroatoms. The molecule has 79 heavy (non-hydrogen) atoms. The second kappa shape index (κ2) is 54.0. The van der Waals surface area contributed by atoms with Crippen molar-refractivity contribution >= 4 is 39.5 Å². The smallest absolute Gasteiger partial charge is 0.462 e. The summed E-state index contributed by atoms with van der Waals surface area (Å²) in [5.74, 6) is -1.41. The molecule has 0 fully saturated rings. The molecule has 0 radical (unpaired) electrons. The van der Waals surface area contributed by atoms with E-state index in [1.165, 1.54) is 109 Å². The fourth-order valence-electron chi connectivity index (χ4n) is 8.88. The van der Waals surface area contributed by atoms with Crippen LogP contribution in [0.1, 0.15) is 298 Å². The molecule has 0 saturated heterocycles. The minimum Gasteiger partial charge on any atom is -0.462 e. The van der Waals surface area contributed by atoms with Crippen LogP contribution in [0.15, 0.2) is 0 Å². The van der Waals surface area contributed by atoms with Gasteiger partial charge in [0.1, 0.15) is 19.3 Å². The number of phosphoric acid groups is 2. The number of carbonyl (C=O) groups is 4. The highest BCUT2D eigenvalue weighted by Crippen LogP contribution is 2.45. The number of ether oxygens (including phenoxy) is 4. The first-order valence-electron chi connectivity index (χ1n) is 31.6. The summed E-state index contributed by atoms with van der Waals surface area (Å²) in [7, 11) is -9.87. The van der Waals surface area contributed by atoms with Crippen LogP contribution in [0.5, 0.6) is 0 Å². The predicted molar refractivity (Wildman–Crippen MR) is 312 cm³/mol. The van der Waals surface area contributed by atoms with Gasteiger partial charge in [-0.15, -0.1) is 0 Å². The van der Waals surface area contributed by atoms with E-state index in [1.54, 1.807) is 0 Å². The van der Waals surface area contributed by atoms with Crippen molar-refractivity contribution in [1.29, 1.82) is 0 Å². The van der Waals surface area contributed by atoms with Gasteiger partial charge in [-0.3, -0.25) is 37.3 Å². The SMILES string of the molecule is CCCCCCCCCCCCCCCCC(=O)O[C@H](COC(=O)CCCCCCCCCCCC(C)C)COP(=O)(O)OC[C@@H](O)COP(=O)(O)OC[C@@H](COC(=O)CCCCCCC)OC(=O)CCCCCCCCCC. The van der Waals surface area contributed by atoms with E-state index in [-0.39, 0.29) is 25.7 Å². The molecule has 0 saturated carbocycles. The Bertz CT molecular complexity index is 1550. The monoisotopic (exact) mass is 1170 g/mol. The maximum atomic E-state index is 12.9. The number of esters is 4. The first kappa shape index (κ1) is 77.1. The van der Waals surface area contributed by atoms with Crippen LogP contribution in [0.3, 0.4) is 0 Å². The average molecular weight is 1170 g/mol. The number of rotatable bonds is 60. The molecule has 5 atom stereocenters. The van der Waals surface area contributed by atoms with Gasteiger partial charge < -0.3 is 33.8 Å². The molecule has 0 aromatic heterocycles. The first-order chi connectivity index (χ1) is 38.0. The molecule has 0 aromatic rings. The highest BCUT2D eigenvalue weighted by Gasteiger charge is 2.30. The van der Waals surface area contributed by atoms with Crippen molar-refractivity contribution in [2.75, 3.05) is 39.6 Å². The lowest BCUT2D eigenvalue weighted by Crippen LogP contribution is -2.30. The van der Waals surface area contributed by atoms with E-state index < -0.39 is 97.5 Å². The number of aliphatic hydroxyl groups excluding tert-OH is 1. The molecule has 0 heterocycles. The molecule has 3 N–H and O–H groups in total. The molecule has 17 nitrogen and oxygen atoms in total. The fourth-order valence-corrected chi connectivity index (χ4v) is 10.5. The quantitative estimate of drug-likeness (QED) is 0.0222. The van der Waals surface area contributed by atoms with Crippen LogP contribution in [-0.4, -0.2) is 96.7 Å². The lowest BCUT2D eigenvalue weighted by Gasteiger charge is -2.21. The van der Waals surface area contributed by atoms with E-state index in [1.807, 2.05) is 0 Å². The second-order valence-corrected chi connectivity index (χ2v) is 25.1. The second-order valence-electron chi connectivity index (χ2n) is 22.2. The van der Waals surface area contributed by atoms with Crippen molar-refractivity contribution in [2.45, 2.75) is 316 Å². The summed E-state index contributed by atoms with van der Waals surface area (Å²) < 4.78 is 67.6. The van der Waals surface area contributed by atoms with E-state index in [2.05, 4.69) is 34.6 Å². The fraction of sp³-hybridized carbons (Fsp3) is 0.933. The van der Waals surface area contributed by atoms with Gasteiger partial charge in [0.05, 0.1) is 26.4 Å². The van der Waals surface area contributed by atoms with Gasteiger partial charge in [0.2, 0.25) is 0 Å². The summed E-state index contributed by atoms with van der Waals surface area (Å²) in [5, 5.41) is 10.5. The molecule has 468 valence electrons. The molecule has 0 aliphatic heterocycles. The largest absolute Gasteiger partial charge is 0.472 e. The lowest BCUT2D eigenvalue weighted by atomic mass is 10.0. The normalized spacial score (nSPS) is 14.3. The van der Waals surface area contributed by atoms with E-state index in [0.717, 1.165) is 109 Å². The summed E-state index contributed by atoms with van der Waals surface area (Å²) in [4.78, 5) is 71.7. The predicted octanol–water partition coefficient (Wildman–Crippen LogP) is 16.2. The van der Waals surface area contributed by atoms with Crippen molar-refractivity contribution in [3.05, 3.63) is 0 Å². The van der Waals surface area contributed by atoms with Gasteiger partial charge in [-0.1, -0.05) is 247 Å². The molecule has 0 rings (SSSR count). The van der Waals surface area contributed by atoms with E-state index in [0.29, 0.717) is 25.7 Å². The summed E-state index contributed by atoms with van der Waals surface area (Å²) >= 11 is 0. The van der Waals surface area contributed by atoms with Crippen LogP contribution in [0.2, 0.25) is 0 Å². The Balaban J connectivity index is 5.17. The summed E-state index contributed by atoms with van der Waals surface area (Å²) in [6.45, 7) is 7.03. The Morgan fingerprint density at radius 1 is 0.342 bits per heavy atom. The zero-order chi connectivity index (χ0) is 58.5. The van der Waals surface area contributed by atoms with Crippen LogP contribution in [0.25, 0.3) is 0 Å².